The van der Waals surface area contributed by atoms with Crippen LogP contribution in [0.25, 0.3) is 0 Å². The molecule has 2 aromatic carbocycles. The fourth-order valence-electron chi connectivity index (χ4n) is 6.15. The number of carbonyl (C=O) groups is 2. The fraction of sp³-hybridized carbons (Fsp3) is 0.533. The molecule has 0 radical (unpaired) electrons. The molecule has 2 heterocycles. The summed E-state index contributed by atoms with van der Waals surface area (Å²) in [5.74, 6) is -1.86. The van der Waals surface area contributed by atoms with Crippen LogP contribution in [0.4, 0.5) is 22.4 Å². The highest BCUT2D eigenvalue weighted by molar-refractivity contribution is 9.10. The lowest BCUT2D eigenvalue weighted by Gasteiger charge is -2.52. The molecule has 0 aromatic heterocycles. The Hall–Kier alpha value is -2.37. The molecule has 1 spiro atoms. The zero-order valence-corrected chi connectivity index (χ0v) is 26.2. The van der Waals surface area contributed by atoms with E-state index in [1.165, 1.54) is 29.2 Å². The predicted octanol–water partition coefficient (Wildman–Crippen LogP) is 7.68. The number of alkyl halides is 3. The van der Waals surface area contributed by atoms with Crippen molar-refractivity contribution in [3.8, 4) is 0 Å². The number of rotatable bonds is 4. The number of hydrogen-bond donors (Lipinski definition) is 0. The molecule has 0 bridgehead atoms. The molecule has 2 fully saturated rings. The van der Waals surface area contributed by atoms with Gasteiger partial charge in [-0.3, -0.25) is 4.79 Å². The molecule has 0 N–H and O–H groups in total. The first-order valence-corrected chi connectivity index (χ1v) is 14.8. The van der Waals surface area contributed by atoms with Crippen molar-refractivity contribution in [2.45, 2.75) is 63.3 Å². The minimum Gasteiger partial charge on any atom is -0.444 e. The maximum atomic E-state index is 14.7. The summed E-state index contributed by atoms with van der Waals surface area (Å²) in [4.78, 5) is 29.5. The first kappa shape index (κ1) is 32.5. The Morgan fingerprint density at radius 3 is 2.05 bits per heavy atom. The highest BCUT2D eigenvalue weighted by atomic mass is 79.9. The van der Waals surface area contributed by atoms with E-state index in [4.69, 9.17) is 21.1 Å². The fourth-order valence-corrected chi connectivity index (χ4v) is 7.01. The quantitative estimate of drug-likeness (QED) is 0.312. The Morgan fingerprint density at radius 2 is 1.55 bits per heavy atom. The van der Waals surface area contributed by atoms with Crippen molar-refractivity contribution in [3.05, 3.63) is 68.9 Å². The number of methoxy groups -OCH3 is 1. The first-order chi connectivity index (χ1) is 19.5. The maximum Gasteiger partial charge on any atom is 0.430 e. The van der Waals surface area contributed by atoms with Crippen LogP contribution in [0, 0.1) is 11.2 Å². The van der Waals surface area contributed by atoms with Gasteiger partial charge >= 0.3 is 12.3 Å². The van der Waals surface area contributed by atoms with Gasteiger partial charge in [0.1, 0.15) is 11.4 Å². The monoisotopic (exact) mass is 676 g/mol. The smallest absolute Gasteiger partial charge is 0.430 e. The molecule has 2 aliphatic heterocycles. The minimum atomic E-state index is -5.08. The molecule has 2 atom stereocenters. The summed E-state index contributed by atoms with van der Waals surface area (Å²) in [7, 11) is 0.864. The molecular formula is C30H34BrClF4N2O4. The molecule has 0 saturated carbocycles. The molecule has 4 rings (SSSR count). The van der Waals surface area contributed by atoms with E-state index in [0.29, 0.717) is 32.4 Å². The van der Waals surface area contributed by atoms with Crippen molar-refractivity contribution < 1.29 is 36.6 Å². The third kappa shape index (κ3) is 6.43. The summed E-state index contributed by atoms with van der Waals surface area (Å²) >= 11 is 9.23. The minimum absolute atomic E-state index is 0.0225. The van der Waals surface area contributed by atoms with Crippen LogP contribution in [0.15, 0.2) is 46.9 Å². The van der Waals surface area contributed by atoms with E-state index < -0.39 is 46.2 Å². The Bertz CT molecular complexity index is 1290. The van der Waals surface area contributed by atoms with Crippen molar-refractivity contribution in [1.29, 1.82) is 0 Å². The predicted molar refractivity (Wildman–Crippen MR) is 154 cm³/mol. The molecule has 2 saturated heterocycles. The zero-order chi connectivity index (χ0) is 31.1. The van der Waals surface area contributed by atoms with E-state index in [1.54, 1.807) is 37.8 Å². The third-order valence-electron chi connectivity index (χ3n) is 8.27. The number of piperidine rings is 2. The molecule has 2 amide bonds. The van der Waals surface area contributed by atoms with E-state index in [0.717, 1.165) is 18.7 Å². The average Bonchev–Trinajstić information content (AvgIpc) is 2.88. The molecule has 0 aliphatic carbocycles. The lowest BCUT2D eigenvalue weighted by atomic mass is 9.62. The number of hydrogen-bond acceptors (Lipinski definition) is 4. The number of likely N-dealkylation sites (tertiary alicyclic amines) is 2. The van der Waals surface area contributed by atoms with Crippen molar-refractivity contribution in [3.63, 3.8) is 0 Å². The average molecular weight is 678 g/mol. The standard InChI is InChI=1S/C30H34BrClF4N2O4/c1-27(2,3)42-26(40)38-14-11-28(24(18-38)19-5-7-23(33)8-6-19)9-12-37(13-10-28)25(39)29(41-4,30(34,35)36)20-15-21(31)17-22(32)16-20/h5-8,15-17,24H,9-14,18H2,1-4H3/t24-,29?/m0/s1. The number of nitrogens with zero attached hydrogens (tertiary/aromatic N) is 2. The number of benzene rings is 2. The molecule has 12 heteroatoms. The van der Waals surface area contributed by atoms with E-state index >= 15 is 0 Å². The van der Waals surface area contributed by atoms with Crippen molar-refractivity contribution in [2.24, 2.45) is 5.41 Å². The highest BCUT2D eigenvalue weighted by Gasteiger charge is 2.64. The molecular weight excluding hydrogens is 644 g/mol. The van der Waals surface area contributed by atoms with Gasteiger partial charge in [0, 0.05) is 54.3 Å². The van der Waals surface area contributed by atoms with E-state index in [-0.39, 0.29) is 28.5 Å². The third-order valence-corrected chi connectivity index (χ3v) is 8.94. The van der Waals surface area contributed by atoms with Gasteiger partial charge in [-0.2, -0.15) is 13.2 Å². The van der Waals surface area contributed by atoms with Crippen molar-refractivity contribution in [2.75, 3.05) is 33.3 Å². The Kier molecular flexibility index (Phi) is 9.27. The first-order valence-electron chi connectivity index (χ1n) is 13.6. The van der Waals surface area contributed by atoms with Crippen LogP contribution >= 0.6 is 27.5 Å². The summed E-state index contributed by atoms with van der Waals surface area (Å²) in [6.07, 6.45) is -4.21. The second-order valence-corrected chi connectivity index (χ2v) is 13.3. The highest BCUT2D eigenvalue weighted by Crippen LogP contribution is 2.52. The van der Waals surface area contributed by atoms with Crippen LogP contribution in [0.2, 0.25) is 5.02 Å². The SMILES string of the molecule is COC(C(=O)N1CCC2(CCN(C(=O)OC(C)(C)C)C[C@H]2c2ccc(F)cc2)CC1)(c1cc(Cl)cc(Br)c1)C(F)(F)F. The maximum absolute atomic E-state index is 14.7. The largest absolute Gasteiger partial charge is 0.444 e. The lowest BCUT2D eigenvalue weighted by Crippen LogP contribution is -2.60. The summed E-state index contributed by atoms with van der Waals surface area (Å²) in [5.41, 5.74) is -3.97. The molecule has 42 heavy (non-hydrogen) atoms. The summed E-state index contributed by atoms with van der Waals surface area (Å²) in [5, 5.41) is 0.0225. The number of halogens is 6. The Labute approximate surface area is 256 Å². The Morgan fingerprint density at radius 1 is 0.976 bits per heavy atom. The second kappa shape index (κ2) is 12.0. The number of carbonyl (C=O) groups excluding carboxylic acids is 2. The van der Waals surface area contributed by atoms with E-state index in [9.17, 15) is 27.2 Å². The summed E-state index contributed by atoms with van der Waals surface area (Å²) < 4.78 is 68.9. The van der Waals surface area contributed by atoms with Crippen LogP contribution in [-0.2, 0) is 19.9 Å². The topological polar surface area (TPSA) is 59.1 Å². The van der Waals surface area contributed by atoms with Gasteiger partial charge in [-0.15, -0.1) is 0 Å². The van der Waals surface area contributed by atoms with Crippen LogP contribution in [-0.4, -0.2) is 66.9 Å². The molecule has 2 aliphatic rings. The van der Waals surface area contributed by atoms with Gasteiger partial charge in [-0.25, -0.2) is 9.18 Å². The van der Waals surface area contributed by atoms with Crippen LogP contribution < -0.4 is 0 Å². The molecule has 2 aromatic rings. The zero-order valence-electron chi connectivity index (χ0n) is 23.9. The van der Waals surface area contributed by atoms with Crippen molar-refractivity contribution in [1.82, 2.24) is 9.80 Å². The van der Waals surface area contributed by atoms with Gasteiger partial charge in [0.05, 0.1) is 0 Å². The van der Waals surface area contributed by atoms with Gasteiger partial charge in [-0.1, -0.05) is 39.7 Å². The van der Waals surface area contributed by atoms with Gasteiger partial charge in [0.2, 0.25) is 0 Å². The normalized spacial score (nSPS) is 20.8. The van der Waals surface area contributed by atoms with Crippen molar-refractivity contribution >= 4 is 39.5 Å². The van der Waals surface area contributed by atoms with E-state index in [2.05, 4.69) is 15.9 Å². The molecule has 1 unspecified atom stereocenters. The number of ether oxygens (including phenoxy) is 2. The second-order valence-electron chi connectivity index (χ2n) is 12.0. The lowest BCUT2D eigenvalue weighted by molar-refractivity contribution is -0.271. The molecule has 6 nitrogen and oxygen atoms in total. The van der Waals surface area contributed by atoms with E-state index in [1.807, 2.05) is 0 Å². The van der Waals surface area contributed by atoms with Crippen LogP contribution in [0.1, 0.15) is 57.1 Å². The number of amides is 2. The Balaban J connectivity index is 1.63. The van der Waals surface area contributed by atoms with Gasteiger partial charge in [0.15, 0.2) is 0 Å². The summed E-state index contributed by atoms with van der Waals surface area (Å²) in [6, 6.07) is 9.76. The van der Waals surface area contributed by atoms with Gasteiger partial charge < -0.3 is 19.3 Å². The van der Waals surface area contributed by atoms with Gasteiger partial charge in [-0.05, 0) is 81.3 Å². The summed E-state index contributed by atoms with van der Waals surface area (Å²) in [6.45, 7) is 6.13. The molecule has 230 valence electrons. The van der Waals surface area contributed by atoms with Gasteiger partial charge in [0.25, 0.3) is 11.5 Å². The van der Waals surface area contributed by atoms with Crippen LogP contribution in [0.3, 0.4) is 0 Å². The van der Waals surface area contributed by atoms with Crippen LogP contribution in [0.5, 0.6) is 0 Å².